The Hall–Kier alpha value is -2.07. The second kappa shape index (κ2) is 5.74. The lowest BCUT2D eigenvalue weighted by atomic mass is 10.1. The highest BCUT2D eigenvalue weighted by molar-refractivity contribution is 6.31. The number of hydrogen-bond donors (Lipinski definition) is 1. The number of nitrogens with one attached hydrogen (secondary N) is 1. The fraction of sp³-hybridized carbons (Fsp3) is 0.250. The summed E-state index contributed by atoms with van der Waals surface area (Å²) < 4.78 is 4.81. The zero-order valence-corrected chi connectivity index (χ0v) is 12.4. The zero-order chi connectivity index (χ0) is 14.8. The van der Waals surface area contributed by atoms with Gasteiger partial charge in [0.15, 0.2) is 0 Å². The van der Waals surface area contributed by atoms with Gasteiger partial charge in [-0.2, -0.15) is 0 Å². The minimum atomic E-state index is -0.403. The van der Waals surface area contributed by atoms with Gasteiger partial charge in [0.05, 0.1) is 24.4 Å². The SMILES string of the molecule is COC(=O)c1cc(Cl)ccc1NC1CCc2cccnc21. The number of halogens is 1. The van der Waals surface area contributed by atoms with Crippen molar-refractivity contribution in [3.63, 3.8) is 0 Å². The third kappa shape index (κ3) is 2.72. The molecule has 1 heterocycles. The Morgan fingerprint density at radius 1 is 1.43 bits per heavy atom. The summed E-state index contributed by atoms with van der Waals surface area (Å²) in [6.45, 7) is 0. The summed E-state index contributed by atoms with van der Waals surface area (Å²) in [5, 5.41) is 3.89. The van der Waals surface area contributed by atoms with Crippen molar-refractivity contribution in [3.8, 4) is 0 Å². The molecule has 1 aromatic carbocycles. The van der Waals surface area contributed by atoms with Crippen molar-refractivity contribution >= 4 is 23.3 Å². The first-order chi connectivity index (χ1) is 10.2. The molecule has 3 rings (SSSR count). The highest BCUT2D eigenvalue weighted by atomic mass is 35.5. The van der Waals surface area contributed by atoms with Gasteiger partial charge >= 0.3 is 5.97 Å². The minimum Gasteiger partial charge on any atom is -0.465 e. The van der Waals surface area contributed by atoms with Gasteiger partial charge in [-0.1, -0.05) is 17.7 Å². The summed E-state index contributed by atoms with van der Waals surface area (Å²) >= 11 is 5.97. The standard InChI is InChI=1S/C16H15ClN2O2/c1-21-16(20)12-9-11(17)5-7-13(12)19-14-6-4-10-3-2-8-18-15(10)14/h2-3,5,7-9,14,19H,4,6H2,1H3. The van der Waals surface area contributed by atoms with E-state index in [9.17, 15) is 4.79 Å². The van der Waals surface area contributed by atoms with Crippen LogP contribution in [0.4, 0.5) is 5.69 Å². The van der Waals surface area contributed by atoms with Crippen LogP contribution in [0.5, 0.6) is 0 Å². The molecule has 1 atom stereocenters. The van der Waals surface area contributed by atoms with Crippen molar-refractivity contribution in [2.45, 2.75) is 18.9 Å². The molecule has 4 nitrogen and oxygen atoms in total. The summed E-state index contributed by atoms with van der Waals surface area (Å²) in [5.74, 6) is -0.403. The van der Waals surface area contributed by atoms with Crippen LogP contribution < -0.4 is 5.32 Å². The van der Waals surface area contributed by atoms with Crippen LogP contribution in [0.1, 0.15) is 34.1 Å². The first-order valence-electron chi connectivity index (χ1n) is 6.77. The molecule has 0 spiro atoms. The number of anilines is 1. The Bertz CT molecular complexity index is 688. The smallest absolute Gasteiger partial charge is 0.340 e. The lowest BCUT2D eigenvalue weighted by Gasteiger charge is -2.17. The van der Waals surface area contributed by atoms with Crippen molar-refractivity contribution in [2.24, 2.45) is 0 Å². The predicted octanol–water partition coefficient (Wildman–Crippen LogP) is 3.62. The minimum absolute atomic E-state index is 0.103. The first kappa shape index (κ1) is 13.9. The number of nitrogens with zero attached hydrogens (tertiary/aromatic N) is 1. The lowest BCUT2D eigenvalue weighted by Crippen LogP contribution is -2.13. The van der Waals surface area contributed by atoms with E-state index in [0.29, 0.717) is 10.6 Å². The first-order valence-corrected chi connectivity index (χ1v) is 7.15. The van der Waals surface area contributed by atoms with Gasteiger partial charge in [-0.05, 0) is 42.7 Å². The van der Waals surface area contributed by atoms with E-state index in [1.54, 1.807) is 24.4 Å². The van der Waals surface area contributed by atoms with Crippen molar-refractivity contribution in [1.29, 1.82) is 0 Å². The van der Waals surface area contributed by atoms with Gasteiger partial charge in [-0.3, -0.25) is 4.98 Å². The summed E-state index contributed by atoms with van der Waals surface area (Å²) in [6.07, 6.45) is 3.74. The highest BCUT2D eigenvalue weighted by Gasteiger charge is 2.25. The maximum atomic E-state index is 11.9. The molecule has 0 bridgehead atoms. The Kier molecular flexibility index (Phi) is 3.80. The van der Waals surface area contributed by atoms with E-state index in [1.165, 1.54) is 12.7 Å². The Labute approximate surface area is 128 Å². The molecule has 1 aromatic heterocycles. The number of aryl methyl sites for hydroxylation is 1. The second-order valence-corrected chi connectivity index (χ2v) is 5.40. The quantitative estimate of drug-likeness (QED) is 0.880. The van der Waals surface area contributed by atoms with Crippen LogP contribution in [-0.4, -0.2) is 18.1 Å². The van der Waals surface area contributed by atoms with Crippen LogP contribution in [0.3, 0.4) is 0 Å². The maximum Gasteiger partial charge on any atom is 0.340 e. The molecule has 0 radical (unpaired) electrons. The van der Waals surface area contributed by atoms with Crippen LogP contribution in [-0.2, 0) is 11.2 Å². The topological polar surface area (TPSA) is 51.2 Å². The molecule has 108 valence electrons. The zero-order valence-electron chi connectivity index (χ0n) is 11.6. The Morgan fingerprint density at radius 2 is 2.29 bits per heavy atom. The molecule has 0 amide bonds. The number of hydrogen-bond acceptors (Lipinski definition) is 4. The van der Waals surface area contributed by atoms with E-state index in [0.717, 1.165) is 24.2 Å². The number of carbonyl (C=O) groups excluding carboxylic acids is 1. The molecule has 0 saturated heterocycles. The van der Waals surface area contributed by atoms with Crippen LogP contribution >= 0.6 is 11.6 Å². The Morgan fingerprint density at radius 3 is 3.10 bits per heavy atom. The maximum absolute atomic E-state index is 11.9. The normalized spacial score (nSPS) is 16.4. The number of ether oxygens (including phenoxy) is 1. The molecule has 1 aliphatic rings. The second-order valence-electron chi connectivity index (χ2n) is 4.96. The molecule has 1 aliphatic carbocycles. The van der Waals surface area contributed by atoms with Gasteiger partial charge in [0, 0.05) is 16.9 Å². The number of aromatic nitrogens is 1. The van der Waals surface area contributed by atoms with Gasteiger partial charge in [0.25, 0.3) is 0 Å². The highest BCUT2D eigenvalue weighted by Crippen LogP contribution is 2.33. The number of benzene rings is 1. The molecule has 0 saturated carbocycles. The van der Waals surface area contributed by atoms with E-state index in [1.807, 2.05) is 6.07 Å². The van der Waals surface area contributed by atoms with E-state index >= 15 is 0 Å². The average Bonchev–Trinajstić information content (AvgIpc) is 2.91. The van der Waals surface area contributed by atoms with Crippen molar-refractivity contribution in [2.75, 3.05) is 12.4 Å². The number of carbonyl (C=O) groups is 1. The number of fused-ring (bicyclic) bond motifs is 1. The summed E-state index contributed by atoms with van der Waals surface area (Å²) in [4.78, 5) is 16.3. The van der Waals surface area contributed by atoms with E-state index in [2.05, 4.69) is 16.4 Å². The average molecular weight is 303 g/mol. The van der Waals surface area contributed by atoms with Gasteiger partial charge in [-0.15, -0.1) is 0 Å². The molecule has 1 unspecified atom stereocenters. The number of pyridine rings is 1. The molecule has 5 heteroatoms. The van der Waals surface area contributed by atoms with E-state index in [-0.39, 0.29) is 6.04 Å². The molecule has 0 fully saturated rings. The van der Waals surface area contributed by atoms with E-state index < -0.39 is 5.97 Å². The van der Waals surface area contributed by atoms with Crippen LogP contribution in [0.25, 0.3) is 0 Å². The van der Waals surface area contributed by atoms with Gasteiger partial charge in [0.1, 0.15) is 0 Å². The van der Waals surface area contributed by atoms with Crippen molar-refractivity contribution < 1.29 is 9.53 Å². The number of rotatable bonds is 3. The molecule has 1 N–H and O–H groups in total. The third-order valence-electron chi connectivity index (χ3n) is 3.68. The fourth-order valence-electron chi connectivity index (χ4n) is 2.66. The molecular weight excluding hydrogens is 288 g/mol. The van der Waals surface area contributed by atoms with Crippen LogP contribution in [0.2, 0.25) is 5.02 Å². The number of methoxy groups -OCH3 is 1. The summed E-state index contributed by atoms with van der Waals surface area (Å²) in [5.41, 5.74) is 3.45. The third-order valence-corrected chi connectivity index (χ3v) is 3.91. The lowest BCUT2D eigenvalue weighted by molar-refractivity contribution is 0.0602. The number of esters is 1. The molecule has 0 aliphatic heterocycles. The van der Waals surface area contributed by atoms with Gasteiger partial charge in [0.2, 0.25) is 0 Å². The Balaban J connectivity index is 1.91. The molecular formula is C16H15ClN2O2. The fourth-order valence-corrected chi connectivity index (χ4v) is 2.83. The molecule has 2 aromatic rings. The summed E-state index contributed by atoms with van der Waals surface area (Å²) in [7, 11) is 1.36. The monoisotopic (exact) mass is 302 g/mol. The van der Waals surface area contributed by atoms with Crippen molar-refractivity contribution in [1.82, 2.24) is 4.98 Å². The van der Waals surface area contributed by atoms with Gasteiger partial charge in [-0.25, -0.2) is 4.79 Å². The molecule has 21 heavy (non-hydrogen) atoms. The largest absolute Gasteiger partial charge is 0.465 e. The van der Waals surface area contributed by atoms with Gasteiger partial charge < -0.3 is 10.1 Å². The van der Waals surface area contributed by atoms with Crippen LogP contribution in [0, 0.1) is 0 Å². The van der Waals surface area contributed by atoms with Crippen LogP contribution in [0.15, 0.2) is 36.5 Å². The van der Waals surface area contributed by atoms with E-state index in [4.69, 9.17) is 16.3 Å². The summed E-state index contributed by atoms with van der Waals surface area (Å²) in [6, 6.07) is 9.31. The predicted molar refractivity (Wildman–Crippen MR) is 81.7 cm³/mol. The van der Waals surface area contributed by atoms with Crippen molar-refractivity contribution in [3.05, 3.63) is 58.4 Å².